The molecule has 2 N–H and O–H groups in total. The number of thioether (sulfide) groups is 1. The number of fused-ring (bicyclic) bond motifs is 1. The quantitative estimate of drug-likeness (QED) is 0.176. The minimum Gasteiger partial charge on any atom is -0.357 e. The summed E-state index contributed by atoms with van der Waals surface area (Å²) in [6.45, 7) is 11.4. The third-order valence-electron chi connectivity index (χ3n) is 3.77. The molecular formula is C19H30IN5S. The number of hydrogen-bond acceptors (Lipinski definition) is 3. The number of nitrogens with zero attached hydrogens (tertiary/aromatic N) is 3. The van der Waals surface area contributed by atoms with Crippen LogP contribution in [0.1, 0.15) is 19.2 Å². The van der Waals surface area contributed by atoms with E-state index in [1.165, 1.54) is 5.52 Å². The number of nitrogens with one attached hydrogen (secondary N) is 2. The first-order valence-electron chi connectivity index (χ1n) is 8.89. The first kappa shape index (κ1) is 22.8. The molecule has 1 heterocycles. The van der Waals surface area contributed by atoms with E-state index in [-0.39, 0.29) is 24.0 Å². The van der Waals surface area contributed by atoms with Gasteiger partial charge in [0.25, 0.3) is 0 Å². The zero-order chi connectivity index (χ0) is 17.9. The Kier molecular flexibility index (Phi) is 11.4. The van der Waals surface area contributed by atoms with E-state index in [0.29, 0.717) is 0 Å². The Hall–Kier alpha value is -1.22. The molecule has 0 spiro atoms. The molecule has 0 amide bonds. The first-order chi connectivity index (χ1) is 12.3. The zero-order valence-electron chi connectivity index (χ0n) is 15.7. The summed E-state index contributed by atoms with van der Waals surface area (Å²) >= 11 is 1.87. The molecule has 2 aromatic rings. The van der Waals surface area contributed by atoms with Crippen LogP contribution < -0.4 is 10.6 Å². The monoisotopic (exact) mass is 487 g/mol. The van der Waals surface area contributed by atoms with Crippen LogP contribution in [0.2, 0.25) is 0 Å². The van der Waals surface area contributed by atoms with Crippen LogP contribution in [0.25, 0.3) is 11.0 Å². The Morgan fingerprint density at radius 2 is 2.15 bits per heavy atom. The molecule has 2 rings (SSSR count). The topological polar surface area (TPSA) is 54.2 Å². The van der Waals surface area contributed by atoms with Crippen molar-refractivity contribution in [3.8, 4) is 0 Å². The van der Waals surface area contributed by atoms with Crippen molar-refractivity contribution in [2.24, 2.45) is 4.99 Å². The lowest BCUT2D eigenvalue weighted by Gasteiger charge is -2.11. The van der Waals surface area contributed by atoms with Crippen LogP contribution in [0.4, 0.5) is 0 Å². The van der Waals surface area contributed by atoms with E-state index in [0.717, 1.165) is 61.4 Å². The predicted molar refractivity (Wildman–Crippen MR) is 126 cm³/mol. The van der Waals surface area contributed by atoms with Crippen molar-refractivity contribution in [3.63, 3.8) is 0 Å². The van der Waals surface area contributed by atoms with Gasteiger partial charge in [0.1, 0.15) is 5.82 Å². The van der Waals surface area contributed by atoms with E-state index in [4.69, 9.17) is 0 Å². The first-order valence-corrected chi connectivity index (χ1v) is 10.0. The molecule has 0 aliphatic carbocycles. The number of aromatic nitrogens is 2. The second-order valence-corrected chi connectivity index (χ2v) is 6.85. The molecule has 0 aliphatic heterocycles. The predicted octanol–water partition coefficient (Wildman–Crippen LogP) is 3.83. The zero-order valence-corrected chi connectivity index (χ0v) is 18.8. The SMILES string of the molecule is C=CCSCCNC(=NCCCn1c(C)nc2ccccc21)NCC.I. The highest BCUT2D eigenvalue weighted by atomic mass is 127. The molecule has 144 valence electrons. The Labute approximate surface area is 178 Å². The molecule has 0 saturated heterocycles. The van der Waals surface area contributed by atoms with Gasteiger partial charge in [-0.2, -0.15) is 11.8 Å². The van der Waals surface area contributed by atoms with E-state index in [2.05, 4.69) is 63.8 Å². The van der Waals surface area contributed by atoms with Gasteiger partial charge in [0.05, 0.1) is 11.0 Å². The molecule has 0 fully saturated rings. The van der Waals surface area contributed by atoms with Crippen molar-refractivity contribution >= 4 is 52.7 Å². The molecule has 7 heteroatoms. The van der Waals surface area contributed by atoms with E-state index < -0.39 is 0 Å². The molecule has 0 bridgehead atoms. The summed E-state index contributed by atoms with van der Waals surface area (Å²) in [5.41, 5.74) is 2.27. The van der Waals surface area contributed by atoms with Gasteiger partial charge in [0.2, 0.25) is 0 Å². The van der Waals surface area contributed by atoms with E-state index in [1.54, 1.807) is 0 Å². The third kappa shape index (κ3) is 7.19. The number of hydrogen-bond donors (Lipinski definition) is 2. The minimum absolute atomic E-state index is 0. The molecule has 0 unspecified atom stereocenters. The normalized spacial score (nSPS) is 11.2. The fourth-order valence-electron chi connectivity index (χ4n) is 2.65. The molecule has 1 aromatic carbocycles. The van der Waals surface area contributed by atoms with Gasteiger partial charge in [-0.05, 0) is 32.4 Å². The molecule has 0 radical (unpaired) electrons. The number of imidazole rings is 1. The van der Waals surface area contributed by atoms with Crippen molar-refractivity contribution in [2.75, 3.05) is 31.1 Å². The summed E-state index contributed by atoms with van der Waals surface area (Å²) in [4.78, 5) is 9.29. The Morgan fingerprint density at radius 3 is 2.92 bits per heavy atom. The Balaban J connectivity index is 0.00000338. The smallest absolute Gasteiger partial charge is 0.191 e. The summed E-state index contributed by atoms with van der Waals surface area (Å²) in [5, 5.41) is 6.68. The standard InChI is InChI=1S/C19H29N5S.HI/c1-4-14-25-15-12-22-19(20-5-2)21-11-8-13-24-16(3)23-17-9-6-7-10-18(17)24;/h4,6-7,9-10H,1,5,8,11-15H2,2-3H3,(H2,20,21,22);1H. The van der Waals surface area contributed by atoms with Gasteiger partial charge in [0, 0.05) is 37.7 Å². The van der Waals surface area contributed by atoms with Crippen LogP contribution in [-0.2, 0) is 6.54 Å². The highest BCUT2D eigenvalue weighted by Gasteiger charge is 2.05. The average Bonchev–Trinajstić information content (AvgIpc) is 2.93. The number of benzene rings is 1. The van der Waals surface area contributed by atoms with E-state index in [9.17, 15) is 0 Å². The molecular weight excluding hydrogens is 457 g/mol. The number of halogens is 1. The number of aryl methyl sites for hydroxylation is 2. The van der Waals surface area contributed by atoms with Gasteiger partial charge in [-0.3, -0.25) is 4.99 Å². The third-order valence-corrected chi connectivity index (χ3v) is 4.74. The van der Waals surface area contributed by atoms with Crippen LogP contribution in [0.3, 0.4) is 0 Å². The molecule has 0 saturated carbocycles. The highest BCUT2D eigenvalue weighted by Crippen LogP contribution is 2.15. The number of guanidine groups is 1. The molecule has 26 heavy (non-hydrogen) atoms. The Morgan fingerprint density at radius 1 is 1.35 bits per heavy atom. The van der Waals surface area contributed by atoms with Gasteiger partial charge in [0.15, 0.2) is 5.96 Å². The van der Waals surface area contributed by atoms with Crippen molar-refractivity contribution in [1.82, 2.24) is 20.2 Å². The summed E-state index contributed by atoms with van der Waals surface area (Å²) in [7, 11) is 0. The van der Waals surface area contributed by atoms with Crippen LogP contribution in [0.15, 0.2) is 41.9 Å². The van der Waals surface area contributed by atoms with Gasteiger partial charge in [-0.15, -0.1) is 30.6 Å². The summed E-state index contributed by atoms with van der Waals surface area (Å²) in [6.07, 6.45) is 2.93. The van der Waals surface area contributed by atoms with Crippen molar-refractivity contribution in [1.29, 1.82) is 0 Å². The molecule has 5 nitrogen and oxygen atoms in total. The maximum absolute atomic E-state index is 4.67. The highest BCUT2D eigenvalue weighted by molar-refractivity contribution is 14.0. The maximum atomic E-state index is 4.67. The minimum atomic E-state index is 0. The van der Waals surface area contributed by atoms with E-state index in [1.807, 2.05) is 23.9 Å². The van der Waals surface area contributed by atoms with Gasteiger partial charge in [-0.25, -0.2) is 4.98 Å². The maximum Gasteiger partial charge on any atom is 0.191 e. The number of rotatable bonds is 10. The second kappa shape index (κ2) is 13.0. The van der Waals surface area contributed by atoms with Crippen molar-refractivity contribution in [2.45, 2.75) is 26.8 Å². The van der Waals surface area contributed by atoms with Crippen LogP contribution in [0.5, 0.6) is 0 Å². The summed E-state index contributed by atoms with van der Waals surface area (Å²) in [6, 6.07) is 8.29. The van der Waals surface area contributed by atoms with Gasteiger partial charge < -0.3 is 15.2 Å². The number of para-hydroxylation sites is 2. The Bertz CT molecular complexity index is 698. The average molecular weight is 487 g/mol. The molecule has 1 aromatic heterocycles. The van der Waals surface area contributed by atoms with Crippen molar-refractivity contribution < 1.29 is 0 Å². The largest absolute Gasteiger partial charge is 0.357 e. The molecule has 0 aliphatic rings. The van der Waals surface area contributed by atoms with Crippen LogP contribution in [-0.4, -0.2) is 46.7 Å². The van der Waals surface area contributed by atoms with E-state index >= 15 is 0 Å². The number of aliphatic imine (C=N–C) groups is 1. The van der Waals surface area contributed by atoms with Gasteiger partial charge >= 0.3 is 0 Å². The lowest BCUT2D eigenvalue weighted by atomic mass is 10.3. The second-order valence-electron chi connectivity index (χ2n) is 5.70. The lowest BCUT2D eigenvalue weighted by molar-refractivity contribution is 0.646. The van der Waals surface area contributed by atoms with Gasteiger partial charge in [-0.1, -0.05) is 18.2 Å². The fourth-order valence-corrected chi connectivity index (χ4v) is 3.23. The van der Waals surface area contributed by atoms with Crippen LogP contribution in [0, 0.1) is 6.92 Å². The van der Waals surface area contributed by atoms with Crippen molar-refractivity contribution in [3.05, 3.63) is 42.7 Å². The van der Waals surface area contributed by atoms with Crippen LogP contribution >= 0.6 is 35.7 Å². The summed E-state index contributed by atoms with van der Waals surface area (Å²) < 4.78 is 2.27. The molecule has 0 atom stereocenters. The fraction of sp³-hybridized carbons (Fsp3) is 0.474. The summed E-state index contributed by atoms with van der Waals surface area (Å²) in [5.74, 6) is 4.01. The lowest BCUT2D eigenvalue weighted by Crippen LogP contribution is -2.38.